The molecule has 1 heterocycles. The van der Waals surface area contributed by atoms with Crippen LogP contribution in [0.4, 0.5) is 5.95 Å². The van der Waals surface area contributed by atoms with Crippen molar-refractivity contribution in [3.63, 3.8) is 0 Å². The Hall–Kier alpha value is -1.46. The highest BCUT2D eigenvalue weighted by molar-refractivity contribution is 6.36. The van der Waals surface area contributed by atoms with E-state index < -0.39 is 0 Å². The summed E-state index contributed by atoms with van der Waals surface area (Å²) >= 11 is 11.9. The van der Waals surface area contributed by atoms with Gasteiger partial charge in [-0.25, -0.2) is 9.67 Å². The SMILES string of the molecule is CCCn1nnnc1N=Cc1ccc(Cl)cc1Cl. The van der Waals surface area contributed by atoms with Crippen molar-refractivity contribution in [1.29, 1.82) is 0 Å². The van der Waals surface area contributed by atoms with Crippen molar-refractivity contribution in [2.45, 2.75) is 19.9 Å². The number of tetrazole rings is 1. The molecule has 0 aliphatic carbocycles. The van der Waals surface area contributed by atoms with Gasteiger partial charge in [0, 0.05) is 23.3 Å². The summed E-state index contributed by atoms with van der Waals surface area (Å²) < 4.78 is 1.64. The lowest BCUT2D eigenvalue weighted by atomic mass is 10.2. The van der Waals surface area contributed by atoms with Crippen LogP contribution in [0.25, 0.3) is 0 Å². The maximum atomic E-state index is 6.04. The third-order valence-corrected chi connectivity index (χ3v) is 2.79. The van der Waals surface area contributed by atoms with Crippen LogP contribution in [0, 0.1) is 0 Å². The number of hydrogen-bond acceptors (Lipinski definition) is 4. The molecule has 94 valence electrons. The molecule has 0 N–H and O–H groups in total. The number of rotatable bonds is 4. The van der Waals surface area contributed by atoms with Crippen LogP contribution in [0.1, 0.15) is 18.9 Å². The molecule has 0 aliphatic rings. The zero-order valence-electron chi connectivity index (χ0n) is 9.72. The summed E-state index contributed by atoms with van der Waals surface area (Å²) in [6.45, 7) is 2.78. The fourth-order valence-electron chi connectivity index (χ4n) is 1.38. The molecule has 2 rings (SSSR count). The molecular weight excluding hydrogens is 273 g/mol. The number of aliphatic imine (C=N–C) groups is 1. The fraction of sp³-hybridized carbons (Fsp3) is 0.273. The summed E-state index contributed by atoms with van der Waals surface area (Å²) in [4.78, 5) is 4.22. The Morgan fingerprint density at radius 3 is 2.94 bits per heavy atom. The summed E-state index contributed by atoms with van der Waals surface area (Å²) in [6, 6.07) is 5.21. The van der Waals surface area contributed by atoms with Crippen molar-refractivity contribution in [3.8, 4) is 0 Å². The lowest BCUT2D eigenvalue weighted by Gasteiger charge is -1.99. The van der Waals surface area contributed by atoms with Crippen LogP contribution in [0.15, 0.2) is 23.2 Å². The van der Waals surface area contributed by atoms with Gasteiger partial charge in [0.05, 0.1) is 5.02 Å². The second kappa shape index (κ2) is 5.93. The highest BCUT2D eigenvalue weighted by Crippen LogP contribution is 2.20. The standard InChI is InChI=1S/C11H11Cl2N5/c1-2-5-18-11(15-16-17-18)14-7-8-3-4-9(12)6-10(8)13/h3-4,6-7H,2,5H2,1H3. The Balaban J connectivity index is 2.22. The minimum Gasteiger partial charge on any atom is -0.218 e. The van der Waals surface area contributed by atoms with E-state index in [0.29, 0.717) is 16.0 Å². The smallest absolute Gasteiger partial charge is 0.218 e. The molecular formula is C11H11Cl2N5. The van der Waals surface area contributed by atoms with E-state index in [9.17, 15) is 0 Å². The molecule has 18 heavy (non-hydrogen) atoms. The Kier molecular flexibility index (Phi) is 4.28. The summed E-state index contributed by atoms with van der Waals surface area (Å²) in [5.74, 6) is 0.461. The van der Waals surface area contributed by atoms with E-state index in [2.05, 4.69) is 20.5 Å². The van der Waals surface area contributed by atoms with Crippen molar-refractivity contribution in [1.82, 2.24) is 20.2 Å². The van der Waals surface area contributed by atoms with Crippen molar-refractivity contribution < 1.29 is 0 Å². The van der Waals surface area contributed by atoms with Gasteiger partial charge in [0.1, 0.15) is 0 Å². The number of aromatic nitrogens is 4. The lowest BCUT2D eigenvalue weighted by Crippen LogP contribution is -1.98. The van der Waals surface area contributed by atoms with Gasteiger partial charge >= 0.3 is 0 Å². The van der Waals surface area contributed by atoms with E-state index >= 15 is 0 Å². The normalized spacial score (nSPS) is 11.3. The predicted molar refractivity (Wildman–Crippen MR) is 71.8 cm³/mol. The molecule has 5 nitrogen and oxygen atoms in total. The highest BCUT2D eigenvalue weighted by atomic mass is 35.5. The molecule has 2 aromatic rings. The van der Waals surface area contributed by atoms with Crippen LogP contribution in [-0.4, -0.2) is 26.4 Å². The lowest BCUT2D eigenvalue weighted by molar-refractivity contribution is 0.582. The van der Waals surface area contributed by atoms with Gasteiger partial charge in [0.15, 0.2) is 0 Å². The van der Waals surface area contributed by atoms with Crippen molar-refractivity contribution >= 4 is 35.4 Å². The second-order valence-corrected chi connectivity index (χ2v) is 4.47. The topological polar surface area (TPSA) is 56.0 Å². The van der Waals surface area contributed by atoms with Crippen LogP contribution in [-0.2, 0) is 6.54 Å². The Morgan fingerprint density at radius 1 is 1.39 bits per heavy atom. The van der Waals surface area contributed by atoms with E-state index in [4.69, 9.17) is 23.2 Å². The van der Waals surface area contributed by atoms with E-state index in [0.717, 1.165) is 18.5 Å². The summed E-state index contributed by atoms with van der Waals surface area (Å²) in [7, 11) is 0. The molecule has 0 saturated carbocycles. The third-order valence-electron chi connectivity index (χ3n) is 2.23. The van der Waals surface area contributed by atoms with E-state index in [1.54, 1.807) is 29.1 Å². The number of benzene rings is 1. The van der Waals surface area contributed by atoms with Gasteiger partial charge in [-0.2, -0.15) is 0 Å². The maximum absolute atomic E-state index is 6.04. The Morgan fingerprint density at radius 2 is 2.22 bits per heavy atom. The van der Waals surface area contributed by atoms with Crippen molar-refractivity contribution in [2.75, 3.05) is 0 Å². The Bertz CT molecular complexity index is 564. The first kappa shape index (κ1) is 13.0. The third kappa shape index (κ3) is 3.05. The predicted octanol–water partition coefficient (Wildman–Crippen LogP) is 3.14. The van der Waals surface area contributed by atoms with Gasteiger partial charge in [0.25, 0.3) is 5.95 Å². The monoisotopic (exact) mass is 283 g/mol. The molecule has 7 heteroatoms. The average Bonchev–Trinajstić information content (AvgIpc) is 2.76. The first-order valence-electron chi connectivity index (χ1n) is 5.46. The largest absolute Gasteiger partial charge is 0.269 e. The highest BCUT2D eigenvalue weighted by Gasteiger charge is 2.03. The summed E-state index contributed by atoms with van der Waals surface area (Å²) in [6.07, 6.45) is 2.56. The fourth-order valence-corrected chi connectivity index (χ4v) is 1.84. The first-order valence-corrected chi connectivity index (χ1v) is 6.21. The molecule has 0 amide bonds. The number of nitrogens with zero attached hydrogens (tertiary/aromatic N) is 5. The van der Waals surface area contributed by atoms with Gasteiger partial charge in [-0.15, -0.1) is 0 Å². The van der Waals surface area contributed by atoms with Gasteiger partial charge in [-0.05, 0) is 29.0 Å². The number of aryl methyl sites for hydroxylation is 1. The van der Waals surface area contributed by atoms with Crippen LogP contribution in [0.2, 0.25) is 10.0 Å². The van der Waals surface area contributed by atoms with Gasteiger partial charge in [0.2, 0.25) is 0 Å². The molecule has 0 atom stereocenters. The molecule has 0 fully saturated rings. The molecule has 0 saturated heterocycles. The molecule has 0 unspecified atom stereocenters. The molecule has 0 aliphatic heterocycles. The molecule has 1 aromatic carbocycles. The quantitative estimate of drug-likeness (QED) is 0.810. The zero-order chi connectivity index (χ0) is 13.0. The molecule has 1 aromatic heterocycles. The van der Waals surface area contributed by atoms with E-state index in [1.807, 2.05) is 6.92 Å². The average molecular weight is 284 g/mol. The van der Waals surface area contributed by atoms with Crippen LogP contribution in [0.5, 0.6) is 0 Å². The number of hydrogen-bond donors (Lipinski definition) is 0. The van der Waals surface area contributed by atoms with Crippen LogP contribution >= 0.6 is 23.2 Å². The molecule has 0 spiro atoms. The van der Waals surface area contributed by atoms with Crippen molar-refractivity contribution in [3.05, 3.63) is 33.8 Å². The summed E-state index contributed by atoms with van der Waals surface area (Å²) in [5, 5.41) is 12.4. The minimum atomic E-state index is 0.461. The molecule has 0 bridgehead atoms. The Labute approximate surface area is 114 Å². The maximum Gasteiger partial charge on any atom is 0.269 e. The number of halogens is 2. The van der Waals surface area contributed by atoms with E-state index in [1.165, 1.54) is 0 Å². The van der Waals surface area contributed by atoms with Crippen LogP contribution < -0.4 is 0 Å². The minimum absolute atomic E-state index is 0.461. The second-order valence-electron chi connectivity index (χ2n) is 3.63. The molecule has 0 radical (unpaired) electrons. The van der Waals surface area contributed by atoms with Gasteiger partial charge in [-0.1, -0.05) is 41.3 Å². The van der Waals surface area contributed by atoms with Crippen molar-refractivity contribution in [2.24, 2.45) is 4.99 Å². The van der Waals surface area contributed by atoms with Crippen LogP contribution in [0.3, 0.4) is 0 Å². The van der Waals surface area contributed by atoms with Gasteiger partial charge in [-0.3, -0.25) is 0 Å². The van der Waals surface area contributed by atoms with Gasteiger partial charge < -0.3 is 0 Å². The zero-order valence-corrected chi connectivity index (χ0v) is 11.2. The van der Waals surface area contributed by atoms with E-state index in [-0.39, 0.29) is 0 Å². The first-order chi connectivity index (χ1) is 8.70. The summed E-state index contributed by atoms with van der Waals surface area (Å²) in [5.41, 5.74) is 0.770.